The van der Waals surface area contributed by atoms with E-state index in [2.05, 4.69) is 50.8 Å². The van der Waals surface area contributed by atoms with Gasteiger partial charge in [-0.15, -0.1) is 0 Å². The number of hydrogen-bond donors (Lipinski definition) is 2. The second-order valence-corrected chi connectivity index (χ2v) is 7.84. The molecule has 0 spiro atoms. The van der Waals surface area contributed by atoms with Crippen molar-refractivity contribution in [1.29, 1.82) is 0 Å². The van der Waals surface area contributed by atoms with Crippen molar-refractivity contribution in [2.75, 3.05) is 5.75 Å². The number of amides is 1. The van der Waals surface area contributed by atoms with E-state index in [1.807, 2.05) is 48.5 Å². The summed E-state index contributed by atoms with van der Waals surface area (Å²) in [6, 6.07) is 26.3. The van der Waals surface area contributed by atoms with Crippen LogP contribution >= 0.6 is 11.8 Å². The van der Waals surface area contributed by atoms with Gasteiger partial charge in [-0.25, -0.2) is 10.4 Å². The first-order valence-corrected chi connectivity index (χ1v) is 10.6. The number of hydrazone groups is 1. The molecule has 146 valence electrons. The Morgan fingerprint density at radius 2 is 1.63 bits per heavy atom. The van der Waals surface area contributed by atoms with E-state index < -0.39 is 0 Å². The molecule has 0 fully saturated rings. The van der Waals surface area contributed by atoms with Crippen LogP contribution in [-0.2, 0) is 4.79 Å². The van der Waals surface area contributed by atoms with Gasteiger partial charge in [-0.05, 0) is 39.7 Å². The van der Waals surface area contributed by atoms with E-state index in [-0.39, 0.29) is 11.7 Å². The zero-order chi connectivity index (χ0) is 20.3. The van der Waals surface area contributed by atoms with Crippen molar-refractivity contribution >= 4 is 56.5 Å². The van der Waals surface area contributed by atoms with Gasteiger partial charge in [-0.1, -0.05) is 72.4 Å². The van der Waals surface area contributed by atoms with Crippen LogP contribution in [-0.4, -0.2) is 27.8 Å². The highest BCUT2D eigenvalue weighted by Crippen LogP contribution is 2.27. The topological polar surface area (TPSA) is 70.1 Å². The van der Waals surface area contributed by atoms with Gasteiger partial charge in [0.1, 0.15) is 0 Å². The number of hydrogen-bond acceptors (Lipinski definition) is 4. The average Bonchev–Trinajstić information content (AvgIpc) is 3.20. The molecule has 0 aliphatic rings. The molecule has 0 aliphatic carbocycles. The number of aromatic nitrogens is 2. The summed E-state index contributed by atoms with van der Waals surface area (Å²) in [4.78, 5) is 19.9. The number of para-hydroxylation sites is 2. The van der Waals surface area contributed by atoms with Crippen molar-refractivity contribution < 1.29 is 4.79 Å². The van der Waals surface area contributed by atoms with Gasteiger partial charge >= 0.3 is 0 Å². The molecule has 5 rings (SSSR count). The van der Waals surface area contributed by atoms with Crippen molar-refractivity contribution in [3.8, 4) is 0 Å². The standard InChI is InChI=1S/C24H18N4OS/c29-23(15-30-24-26-21-11-5-6-12-22(21)27-24)28-25-14-20-18-9-3-1-7-16(18)13-17-8-2-4-10-19(17)20/h1-14H,15H2,(H,26,27)(H,28,29)/b25-14+. The van der Waals surface area contributed by atoms with Gasteiger partial charge < -0.3 is 4.98 Å². The van der Waals surface area contributed by atoms with Crippen molar-refractivity contribution in [2.24, 2.45) is 5.10 Å². The number of nitrogens with zero attached hydrogens (tertiary/aromatic N) is 2. The first kappa shape index (κ1) is 18.4. The van der Waals surface area contributed by atoms with E-state index in [0.29, 0.717) is 0 Å². The van der Waals surface area contributed by atoms with Gasteiger partial charge in [0.15, 0.2) is 5.16 Å². The van der Waals surface area contributed by atoms with Crippen molar-refractivity contribution in [1.82, 2.24) is 15.4 Å². The number of benzene rings is 4. The Morgan fingerprint density at radius 1 is 0.967 bits per heavy atom. The molecule has 0 aliphatic heterocycles. The molecule has 5 nitrogen and oxygen atoms in total. The normalized spacial score (nSPS) is 11.6. The number of nitrogens with one attached hydrogen (secondary N) is 2. The van der Waals surface area contributed by atoms with E-state index in [4.69, 9.17) is 0 Å². The Bertz CT molecular complexity index is 1320. The van der Waals surface area contributed by atoms with Gasteiger partial charge in [-0.2, -0.15) is 5.10 Å². The maximum Gasteiger partial charge on any atom is 0.250 e. The minimum Gasteiger partial charge on any atom is -0.333 e. The van der Waals surface area contributed by atoms with Crippen LogP contribution in [0.25, 0.3) is 32.6 Å². The van der Waals surface area contributed by atoms with Crippen molar-refractivity contribution in [2.45, 2.75) is 5.16 Å². The highest BCUT2D eigenvalue weighted by Gasteiger charge is 2.08. The SMILES string of the molecule is O=C(CSc1nc2ccccc2[nH]1)N/N=C/c1c2ccccc2cc2ccccc12. The van der Waals surface area contributed by atoms with E-state index in [9.17, 15) is 4.79 Å². The molecule has 2 N–H and O–H groups in total. The Hall–Kier alpha value is -3.64. The van der Waals surface area contributed by atoms with Crippen LogP contribution in [0.5, 0.6) is 0 Å². The van der Waals surface area contributed by atoms with Crippen LogP contribution in [0.15, 0.2) is 89.1 Å². The van der Waals surface area contributed by atoms with Gasteiger partial charge in [0.25, 0.3) is 5.91 Å². The Balaban J connectivity index is 1.32. The molecule has 0 saturated heterocycles. The Labute approximate surface area is 177 Å². The lowest BCUT2D eigenvalue weighted by Crippen LogP contribution is -2.19. The van der Waals surface area contributed by atoms with Crippen molar-refractivity contribution in [3.05, 3.63) is 84.4 Å². The molecule has 5 aromatic rings. The summed E-state index contributed by atoms with van der Waals surface area (Å²) in [5, 5.41) is 9.44. The first-order chi connectivity index (χ1) is 14.8. The number of aromatic amines is 1. The molecule has 1 aromatic heterocycles. The second kappa shape index (κ2) is 8.00. The van der Waals surface area contributed by atoms with Gasteiger partial charge in [0.2, 0.25) is 0 Å². The average molecular weight is 411 g/mol. The third-order valence-electron chi connectivity index (χ3n) is 4.90. The zero-order valence-electron chi connectivity index (χ0n) is 16.0. The van der Waals surface area contributed by atoms with Crippen LogP contribution in [0.3, 0.4) is 0 Å². The predicted molar refractivity (Wildman–Crippen MR) is 124 cm³/mol. The number of carbonyl (C=O) groups is 1. The molecule has 1 heterocycles. The van der Waals surface area contributed by atoms with Gasteiger partial charge in [0, 0.05) is 5.56 Å². The summed E-state index contributed by atoms with van der Waals surface area (Å²) < 4.78 is 0. The molecular formula is C24H18N4OS. The lowest BCUT2D eigenvalue weighted by atomic mass is 9.97. The molecule has 0 atom stereocenters. The molecule has 0 saturated carbocycles. The zero-order valence-corrected chi connectivity index (χ0v) is 16.8. The summed E-state index contributed by atoms with van der Waals surface area (Å²) in [6.45, 7) is 0. The summed E-state index contributed by atoms with van der Waals surface area (Å²) in [7, 11) is 0. The molecule has 1 amide bonds. The van der Waals surface area contributed by atoms with Gasteiger partial charge in [-0.3, -0.25) is 4.79 Å². The third kappa shape index (κ3) is 3.65. The number of rotatable bonds is 5. The smallest absolute Gasteiger partial charge is 0.250 e. The minimum atomic E-state index is -0.179. The van der Waals surface area contributed by atoms with E-state index in [1.54, 1.807) is 6.21 Å². The number of fused-ring (bicyclic) bond motifs is 3. The number of imidazole rings is 1. The highest BCUT2D eigenvalue weighted by molar-refractivity contribution is 7.99. The maximum absolute atomic E-state index is 12.3. The largest absolute Gasteiger partial charge is 0.333 e. The lowest BCUT2D eigenvalue weighted by Gasteiger charge is -2.07. The monoisotopic (exact) mass is 410 g/mol. The molecule has 30 heavy (non-hydrogen) atoms. The molecular weight excluding hydrogens is 392 g/mol. The third-order valence-corrected chi connectivity index (χ3v) is 5.78. The summed E-state index contributed by atoms with van der Waals surface area (Å²) >= 11 is 1.35. The van der Waals surface area contributed by atoms with E-state index in [0.717, 1.165) is 43.3 Å². The highest BCUT2D eigenvalue weighted by atomic mass is 32.2. The molecule has 0 radical (unpaired) electrons. The summed E-state index contributed by atoms with van der Waals surface area (Å²) in [6.07, 6.45) is 1.73. The predicted octanol–water partition coefficient (Wildman–Crippen LogP) is 5.11. The number of carbonyl (C=O) groups excluding carboxylic acids is 1. The molecule has 0 unspecified atom stereocenters. The van der Waals surface area contributed by atoms with Crippen LogP contribution in [0, 0.1) is 0 Å². The summed E-state index contributed by atoms with van der Waals surface area (Å²) in [5.74, 6) is 0.0502. The minimum absolute atomic E-state index is 0.179. The molecule has 0 bridgehead atoms. The van der Waals surface area contributed by atoms with Crippen LogP contribution in [0.4, 0.5) is 0 Å². The Morgan fingerprint density at radius 3 is 2.37 bits per heavy atom. The van der Waals surface area contributed by atoms with Crippen molar-refractivity contribution in [3.63, 3.8) is 0 Å². The maximum atomic E-state index is 12.3. The number of thioether (sulfide) groups is 1. The summed E-state index contributed by atoms with van der Waals surface area (Å²) in [5.41, 5.74) is 5.48. The fourth-order valence-corrected chi connectivity index (χ4v) is 4.20. The van der Waals surface area contributed by atoms with E-state index >= 15 is 0 Å². The fourth-order valence-electron chi connectivity index (χ4n) is 3.52. The number of H-pyrrole nitrogens is 1. The molecule has 6 heteroatoms. The lowest BCUT2D eigenvalue weighted by molar-refractivity contribution is -0.118. The van der Waals surface area contributed by atoms with E-state index in [1.165, 1.54) is 11.8 Å². The first-order valence-electron chi connectivity index (χ1n) is 9.58. The van der Waals surface area contributed by atoms with Crippen LogP contribution in [0.2, 0.25) is 0 Å². The van der Waals surface area contributed by atoms with Gasteiger partial charge in [0.05, 0.1) is 23.0 Å². The quantitative estimate of drug-likeness (QED) is 0.183. The van der Waals surface area contributed by atoms with Crippen LogP contribution < -0.4 is 5.43 Å². The molecule has 4 aromatic carbocycles. The fraction of sp³-hybridized carbons (Fsp3) is 0.0417. The second-order valence-electron chi connectivity index (χ2n) is 6.87. The van der Waals surface area contributed by atoms with Crippen LogP contribution in [0.1, 0.15) is 5.56 Å². The Kier molecular flexibility index (Phi) is 4.91.